The summed E-state index contributed by atoms with van der Waals surface area (Å²) in [6.45, 7) is 5.67. The fourth-order valence-electron chi connectivity index (χ4n) is 2.69. The lowest BCUT2D eigenvalue weighted by molar-refractivity contribution is -0.385. The van der Waals surface area contributed by atoms with E-state index in [2.05, 4.69) is 15.5 Å². The van der Waals surface area contributed by atoms with E-state index in [-0.39, 0.29) is 17.3 Å². The predicted octanol–water partition coefficient (Wildman–Crippen LogP) is 2.85. The second-order valence-corrected chi connectivity index (χ2v) is 6.32. The Morgan fingerprint density at radius 2 is 1.96 bits per heavy atom. The maximum atomic E-state index is 12.5. The van der Waals surface area contributed by atoms with Crippen molar-refractivity contribution in [2.24, 2.45) is 0 Å². The SMILES string of the molecule is Cc1nn(C(C)C(=O)Nc2cc(C)n(Cc3ccccc3)n2)cc1[N+](=O)[O-]. The van der Waals surface area contributed by atoms with Gasteiger partial charge in [-0.3, -0.25) is 24.3 Å². The summed E-state index contributed by atoms with van der Waals surface area (Å²) in [5, 5.41) is 22.2. The van der Waals surface area contributed by atoms with E-state index in [1.54, 1.807) is 17.7 Å². The Bertz CT molecular complexity index is 976. The number of anilines is 1. The third-order valence-corrected chi connectivity index (χ3v) is 4.27. The third-order valence-electron chi connectivity index (χ3n) is 4.27. The lowest BCUT2D eigenvalue weighted by Crippen LogP contribution is -2.24. The Hall–Kier alpha value is -3.49. The zero-order chi connectivity index (χ0) is 19.6. The molecule has 0 radical (unpaired) electrons. The number of carbonyl (C=O) groups excluding carboxylic acids is 1. The minimum atomic E-state index is -0.711. The van der Waals surface area contributed by atoms with Crippen LogP contribution in [0.25, 0.3) is 0 Å². The van der Waals surface area contributed by atoms with Crippen LogP contribution in [0.15, 0.2) is 42.6 Å². The predicted molar refractivity (Wildman–Crippen MR) is 99.5 cm³/mol. The summed E-state index contributed by atoms with van der Waals surface area (Å²) in [6.07, 6.45) is 1.26. The van der Waals surface area contributed by atoms with Crippen molar-refractivity contribution in [1.82, 2.24) is 19.6 Å². The van der Waals surface area contributed by atoms with Gasteiger partial charge in [-0.25, -0.2) is 0 Å². The Balaban J connectivity index is 1.71. The van der Waals surface area contributed by atoms with Gasteiger partial charge < -0.3 is 5.32 Å². The molecule has 1 aromatic carbocycles. The summed E-state index contributed by atoms with van der Waals surface area (Å²) in [6, 6.07) is 11.0. The van der Waals surface area contributed by atoms with Crippen LogP contribution < -0.4 is 5.32 Å². The molecule has 1 unspecified atom stereocenters. The van der Waals surface area contributed by atoms with Crippen molar-refractivity contribution in [3.05, 3.63) is 69.7 Å². The molecule has 0 aliphatic carbocycles. The summed E-state index contributed by atoms with van der Waals surface area (Å²) in [5.41, 5.74) is 2.17. The minimum absolute atomic E-state index is 0.113. The normalized spacial score (nSPS) is 12.0. The van der Waals surface area contributed by atoms with Crippen LogP contribution in [0.4, 0.5) is 11.5 Å². The second kappa shape index (κ2) is 7.40. The van der Waals surface area contributed by atoms with Crippen molar-refractivity contribution in [3.8, 4) is 0 Å². The summed E-state index contributed by atoms with van der Waals surface area (Å²) in [5.74, 6) is 0.0791. The number of amides is 1. The van der Waals surface area contributed by atoms with Crippen LogP contribution >= 0.6 is 0 Å². The summed E-state index contributed by atoms with van der Waals surface area (Å²) < 4.78 is 3.09. The number of aromatic nitrogens is 4. The van der Waals surface area contributed by atoms with Gasteiger partial charge in [-0.15, -0.1) is 0 Å². The number of hydrogen-bond donors (Lipinski definition) is 1. The molecule has 0 aliphatic rings. The Kier molecular flexibility index (Phi) is 5.02. The molecule has 1 amide bonds. The quantitative estimate of drug-likeness (QED) is 0.532. The Morgan fingerprint density at radius 1 is 1.26 bits per heavy atom. The van der Waals surface area contributed by atoms with Gasteiger partial charge in [0.1, 0.15) is 17.9 Å². The average Bonchev–Trinajstić information content (AvgIpc) is 3.18. The van der Waals surface area contributed by atoms with Gasteiger partial charge in [0.15, 0.2) is 5.82 Å². The first kappa shape index (κ1) is 18.3. The van der Waals surface area contributed by atoms with Crippen LogP contribution in [0, 0.1) is 24.0 Å². The maximum absolute atomic E-state index is 12.5. The number of nitrogens with one attached hydrogen (secondary N) is 1. The van der Waals surface area contributed by atoms with E-state index in [1.165, 1.54) is 17.8 Å². The molecule has 0 spiro atoms. The summed E-state index contributed by atoms with van der Waals surface area (Å²) in [7, 11) is 0. The number of nitrogens with zero attached hydrogens (tertiary/aromatic N) is 5. The first-order chi connectivity index (χ1) is 12.8. The molecule has 0 aliphatic heterocycles. The van der Waals surface area contributed by atoms with Gasteiger partial charge in [-0.2, -0.15) is 10.2 Å². The van der Waals surface area contributed by atoms with E-state index in [0.717, 1.165) is 11.3 Å². The standard InChI is InChI=1S/C18H20N6O3/c1-12-9-17(21-22(12)10-15-7-5-4-6-8-15)19-18(25)14(3)23-11-16(24(26)27)13(2)20-23/h4-9,11,14H,10H2,1-3H3,(H,19,21,25). The van der Waals surface area contributed by atoms with Crippen molar-refractivity contribution in [3.63, 3.8) is 0 Å². The Morgan fingerprint density at radius 3 is 2.59 bits per heavy atom. The highest BCUT2D eigenvalue weighted by atomic mass is 16.6. The molecule has 0 fully saturated rings. The van der Waals surface area contributed by atoms with E-state index >= 15 is 0 Å². The first-order valence-corrected chi connectivity index (χ1v) is 8.44. The van der Waals surface area contributed by atoms with E-state index in [1.807, 2.05) is 37.3 Å². The lowest BCUT2D eigenvalue weighted by atomic mass is 10.2. The number of carbonyl (C=O) groups is 1. The zero-order valence-corrected chi connectivity index (χ0v) is 15.3. The second-order valence-electron chi connectivity index (χ2n) is 6.32. The van der Waals surface area contributed by atoms with E-state index in [0.29, 0.717) is 12.4 Å². The number of benzene rings is 1. The highest BCUT2D eigenvalue weighted by Crippen LogP contribution is 2.19. The van der Waals surface area contributed by atoms with Gasteiger partial charge in [0.25, 0.3) is 0 Å². The monoisotopic (exact) mass is 368 g/mol. The smallest absolute Gasteiger partial charge is 0.307 e. The van der Waals surface area contributed by atoms with Gasteiger partial charge in [0, 0.05) is 11.8 Å². The van der Waals surface area contributed by atoms with E-state index < -0.39 is 11.0 Å². The number of hydrogen-bond acceptors (Lipinski definition) is 5. The molecule has 9 heteroatoms. The molecular weight excluding hydrogens is 348 g/mol. The van der Waals surface area contributed by atoms with Crippen LogP contribution in [-0.2, 0) is 11.3 Å². The first-order valence-electron chi connectivity index (χ1n) is 8.44. The van der Waals surface area contributed by atoms with Crippen molar-refractivity contribution >= 4 is 17.4 Å². The molecule has 0 saturated heterocycles. The Labute approximate surface area is 155 Å². The van der Waals surface area contributed by atoms with E-state index in [4.69, 9.17) is 0 Å². The van der Waals surface area contributed by atoms with Gasteiger partial charge >= 0.3 is 5.69 Å². The number of aryl methyl sites for hydroxylation is 2. The van der Waals surface area contributed by atoms with Crippen LogP contribution in [0.3, 0.4) is 0 Å². The molecular formula is C18H20N6O3. The molecule has 2 heterocycles. The van der Waals surface area contributed by atoms with Crippen LogP contribution in [0.2, 0.25) is 0 Å². The van der Waals surface area contributed by atoms with Crippen molar-refractivity contribution < 1.29 is 9.72 Å². The molecule has 2 aromatic heterocycles. The van der Waals surface area contributed by atoms with Gasteiger partial charge in [-0.1, -0.05) is 30.3 Å². The van der Waals surface area contributed by atoms with Crippen molar-refractivity contribution in [2.75, 3.05) is 5.32 Å². The fourth-order valence-corrected chi connectivity index (χ4v) is 2.69. The largest absolute Gasteiger partial charge is 0.309 e. The molecule has 3 aromatic rings. The third kappa shape index (κ3) is 4.02. The molecule has 0 bridgehead atoms. The topological polar surface area (TPSA) is 108 Å². The van der Waals surface area contributed by atoms with E-state index in [9.17, 15) is 14.9 Å². The highest BCUT2D eigenvalue weighted by molar-refractivity contribution is 5.92. The van der Waals surface area contributed by atoms with Crippen molar-refractivity contribution in [1.29, 1.82) is 0 Å². The molecule has 1 atom stereocenters. The fraction of sp³-hybridized carbons (Fsp3) is 0.278. The highest BCUT2D eigenvalue weighted by Gasteiger charge is 2.22. The van der Waals surface area contributed by atoms with Crippen LogP contribution in [-0.4, -0.2) is 30.4 Å². The minimum Gasteiger partial charge on any atom is -0.307 e. The summed E-state index contributed by atoms with van der Waals surface area (Å²) in [4.78, 5) is 22.9. The van der Waals surface area contributed by atoms with Gasteiger partial charge in [0.05, 0.1) is 11.5 Å². The molecule has 1 N–H and O–H groups in total. The average molecular weight is 368 g/mol. The number of rotatable bonds is 6. The molecule has 9 nitrogen and oxygen atoms in total. The van der Waals surface area contributed by atoms with Gasteiger partial charge in [0.2, 0.25) is 5.91 Å². The lowest BCUT2D eigenvalue weighted by Gasteiger charge is -2.10. The molecule has 140 valence electrons. The van der Waals surface area contributed by atoms with Crippen LogP contribution in [0.5, 0.6) is 0 Å². The summed E-state index contributed by atoms with van der Waals surface area (Å²) >= 11 is 0. The van der Waals surface area contributed by atoms with Crippen LogP contribution in [0.1, 0.15) is 29.9 Å². The molecule has 3 rings (SSSR count). The van der Waals surface area contributed by atoms with Gasteiger partial charge in [-0.05, 0) is 26.3 Å². The number of nitro groups is 1. The molecule has 0 saturated carbocycles. The zero-order valence-electron chi connectivity index (χ0n) is 15.3. The maximum Gasteiger partial charge on any atom is 0.309 e. The molecule has 27 heavy (non-hydrogen) atoms. The van der Waals surface area contributed by atoms with Crippen molar-refractivity contribution in [2.45, 2.75) is 33.4 Å².